The molecular weight excluding hydrogens is 332 g/mol. The predicted molar refractivity (Wildman–Crippen MR) is 108 cm³/mol. The quantitative estimate of drug-likeness (QED) is 0.719. The molecule has 27 heavy (non-hydrogen) atoms. The highest BCUT2D eigenvalue weighted by Gasteiger charge is 2.70. The topological polar surface area (TPSA) is 45.0 Å². The van der Waals surface area contributed by atoms with E-state index in [-0.39, 0.29) is 11.5 Å². The largest absolute Gasteiger partial charge is 0.371 e. The van der Waals surface area contributed by atoms with E-state index in [2.05, 4.69) is 51.2 Å². The lowest BCUT2D eigenvalue weighted by Crippen LogP contribution is -2.52. The normalized spacial score (nSPS) is 38.3. The molecule has 2 aliphatic carbocycles. The molecule has 1 N–H and O–H groups in total. The van der Waals surface area contributed by atoms with Crippen molar-refractivity contribution in [1.82, 2.24) is 5.32 Å². The monoisotopic (exact) mass is 366 g/mol. The molecule has 0 spiro atoms. The van der Waals surface area contributed by atoms with Crippen molar-refractivity contribution in [3.63, 3.8) is 0 Å². The number of nitriles is 1. The van der Waals surface area contributed by atoms with Crippen LogP contribution in [0.1, 0.15) is 65.4 Å². The summed E-state index contributed by atoms with van der Waals surface area (Å²) in [5.41, 5.74) is 0.870. The maximum Gasteiger partial charge on any atom is 0.158 e. The van der Waals surface area contributed by atoms with Crippen LogP contribution in [0.2, 0.25) is 0 Å². The van der Waals surface area contributed by atoms with Crippen LogP contribution >= 0.6 is 0 Å². The lowest BCUT2D eigenvalue weighted by molar-refractivity contribution is -0.0751. The Labute approximate surface area is 164 Å². The van der Waals surface area contributed by atoms with Gasteiger partial charge in [0.15, 0.2) is 5.54 Å². The van der Waals surface area contributed by atoms with Gasteiger partial charge in [0.25, 0.3) is 0 Å². The Morgan fingerprint density at radius 1 is 1.26 bits per heavy atom. The Morgan fingerprint density at radius 2 is 2.00 bits per heavy atom. The minimum atomic E-state index is -0.749. The fourth-order valence-corrected chi connectivity index (χ4v) is 6.54. The maximum absolute atomic E-state index is 10.4. The van der Waals surface area contributed by atoms with E-state index >= 15 is 0 Å². The molecule has 1 saturated heterocycles. The van der Waals surface area contributed by atoms with E-state index in [0.717, 1.165) is 37.3 Å². The van der Waals surface area contributed by atoms with Gasteiger partial charge in [-0.25, -0.2) is 0 Å². The molecule has 0 unspecified atom stereocenters. The molecule has 3 aliphatic rings. The SMILES string of the molecule is CCCCN[C@](C#N)(c1ccccc1)[C@H]1C[C@@H]2[C@H]3CC[C@@](C)([C@@H]2O1)C3(C)C. The van der Waals surface area contributed by atoms with E-state index in [1.165, 1.54) is 12.8 Å². The van der Waals surface area contributed by atoms with Crippen LogP contribution in [-0.4, -0.2) is 18.8 Å². The summed E-state index contributed by atoms with van der Waals surface area (Å²) < 4.78 is 6.81. The van der Waals surface area contributed by atoms with Gasteiger partial charge in [-0.1, -0.05) is 64.4 Å². The third-order valence-corrected chi connectivity index (χ3v) is 8.53. The van der Waals surface area contributed by atoms with Crippen molar-refractivity contribution < 1.29 is 4.74 Å². The smallest absolute Gasteiger partial charge is 0.158 e. The molecule has 6 atom stereocenters. The first-order valence-electron chi connectivity index (χ1n) is 10.8. The van der Waals surface area contributed by atoms with Crippen molar-refractivity contribution in [3.8, 4) is 6.07 Å². The zero-order valence-electron chi connectivity index (χ0n) is 17.3. The molecule has 2 saturated carbocycles. The minimum Gasteiger partial charge on any atom is -0.371 e. The lowest BCUT2D eigenvalue weighted by atomic mass is 9.70. The van der Waals surface area contributed by atoms with E-state index in [0.29, 0.717) is 17.4 Å². The highest BCUT2D eigenvalue weighted by Crippen LogP contribution is 2.71. The fourth-order valence-electron chi connectivity index (χ4n) is 6.54. The average molecular weight is 367 g/mol. The van der Waals surface area contributed by atoms with Crippen LogP contribution in [0.3, 0.4) is 0 Å². The summed E-state index contributed by atoms with van der Waals surface area (Å²) in [5, 5.41) is 14.0. The van der Waals surface area contributed by atoms with Crippen LogP contribution in [-0.2, 0) is 10.3 Å². The van der Waals surface area contributed by atoms with Gasteiger partial charge in [0.05, 0.1) is 18.3 Å². The van der Waals surface area contributed by atoms with E-state index < -0.39 is 5.54 Å². The molecule has 1 heterocycles. The Morgan fingerprint density at radius 3 is 2.63 bits per heavy atom. The van der Waals surface area contributed by atoms with Gasteiger partial charge in [0.1, 0.15) is 0 Å². The number of fused-ring (bicyclic) bond motifs is 5. The number of rotatable bonds is 6. The summed E-state index contributed by atoms with van der Waals surface area (Å²) in [6, 6.07) is 12.9. The first-order chi connectivity index (χ1) is 12.9. The van der Waals surface area contributed by atoms with Crippen molar-refractivity contribution >= 4 is 0 Å². The summed E-state index contributed by atoms with van der Waals surface area (Å²) in [7, 11) is 0. The van der Waals surface area contributed by atoms with Gasteiger partial charge >= 0.3 is 0 Å². The molecule has 3 fully saturated rings. The summed E-state index contributed by atoms with van der Waals surface area (Å²) >= 11 is 0. The number of nitrogens with zero attached hydrogens (tertiary/aromatic N) is 1. The summed E-state index contributed by atoms with van der Waals surface area (Å²) in [6.45, 7) is 10.3. The van der Waals surface area contributed by atoms with Gasteiger partial charge in [-0.15, -0.1) is 0 Å². The number of nitrogens with one attached hydrogen (secondary N) is 1. The summed E-state index contributed by atoms with van der Waals surface area (Å²) in [5.74, 6) is 1.31. The molecule has 146 valence electrons. The number of hydrogen-bond acceptors (Lipinski definition) is 3. The number of hydrogen-bond donors (Lipinski definition) is 1. The van der Waals surface area contributed by atoms with E-state index in [9.17, 15) is 5.26 Å². The molecule has 0 aromatic heterocycles. The van der Waals surface area contributed by atoms with Gasteiger partial charge in [0.2, 0.25) is 0 Å². The summed E-state index contributed by atoms with van der Waals surface area (Å²) in [4.78, 5) is 0. The first-order valence-corrected chi connectivity index (χ1v) is 10.8. The highest BCUT2D eigenvalue weighted by molar-refractivity contribution is 5.35. The minimum absolute atomic E-state index is 0.0761. The van der Waals surface area contributed by atoms with Crippen LogP contribution in [0.25, 0.3) is 0 Å². The van der Waals surface area contributed by atoms with Crippen LogP contribution < -0.4 is 5.32 Å². The Kier molecular flexibility index (Phi) is 4.64. The number of unbranched alkanes of at least 4 members (excludes halogenated alkanes) is 1. The van der Waals surface area contributed by atoms with Crippen LogP contribution in [0, 0.1) is 34.0 Å². The van der Waals surface area contributed by atoms with Crippen molar-refractivity contribution in [1.29, 1.82) is 5.26 Å². The van der Waals surface area contributed by atoms with E-state index in [4.69, 9.17) is 4.74 Å². The van der Waals surface area contributed by atoms with Gasteiger partial charge in [0, 0.05) is 0 Å². The van der Waals surface area contributed by atoms with E-state index in [1.807, 2.05) is 18.2 Å². The fraction of sp³-hybridized carbons (Fsp3) is 0.708. The van der Waals surface area contributed by atoms with Crippen molar-refractivity contribution in [2.75, 3.05) is 6.54 Å². The molecule has 1 aromatic carbocycles. The van der Waals surface area contributed by atoms with E-state index in [1.54, 1.807) is 0 Å². The zero-order valence-corrected chi connectivity index (χ0v) is 17.3. The van der Waals surface area contributed by atoms with Crippen molar-refractivity contribution in [3.05, 3.63) is 35.9 Å². The molecule has 1 aliphatic heterocycles. The number of benzene rings is 1. The number of ether oxygens (including phenoxy) is 1. The van der Waals surface area contributed by atoms with Crippen LogP contribution in [0.4, 0.5) is 0 Å². The van der Waals surface area contributed by atoms with Gasteiger partial charge in [-0.2, -0.15) is 5.26 Å². The van der Waals surface area contributed by atoms with Crippen molar-refractivity contribution in [2.24, 2.45) is 22.7 Å². The molecule has 3 heteroatoms. The maximum atomic E-state index is 10.4. The molecule has 0 radical (unpaired) electrons. The standard InChI is InChI=1S/C24H34N2O/c1-5-6-14-26-24(16-25,17-10-8-7-9-11-17)20-15-18-19-12-13-23(4,21(18)27-20)22(19,2)3/h7-11,18-21,26H,5-6,12-15H2,1-4H3/t18-,19-,20-,21-,23+,24-/m1/s1. The molecule has 0 amide bonds. The predicted octanol–water partition coefficient (Wildman–Crippen LogP) is 5.02. The molecule has 1 aromatic rings. The lowest BCUT2D eigenvalue weighted by Gasteiger charge is -2.41. The third-order valence-electron chi connectivity index (χ3n) is 8.53. The second kappa shape index (κ2) is 6.61. The highest BCUT2D eigenvalue weighted by atomic mass is 16.5. The van der Waals surface area contributed by atoms with Gasteiger partial charge in [-0.05, 0) is 60.5 Å². The molecule has 3 nitrogen and oxygen atoms in total. The van der Waals surface area contributed by atoms with Gasteiger partial charge in [-0.3, -0.25) is 5.32 Å². The average Bonchev–Trinajstić information content (AvgIpc) is 3.25. The summed E-state index contributed by atoms with van der Waals surface area (Å²) in [6.07, 6.45) is 5.98. The Hall–Kier alpha value is -1.37. The Balaban J connectivity index is 1.66. The Bertz CT molecular complexity index is 724. The molecule has 4 rings (SSSR count). The zero-order chi connectivity index (χ0) is 19.3. The first kappa shape index (κ1) is 19.0. The van der Waals surface area contributed by atoms with Crippen LogP contribution in [0.5, 0.6) is 0 Å². The van der Waals surface area contributed by atoms with Gasteiger partial charge < -0.3 is 4.74 Å². The molecule has 2 bridgehead atoms. The second-order valence-corrected chi connectivity index (χ2v) is 9.80. The van der Waals surface area contributed by atoms with Crippen LogP contribution in [0.15, 0.2) is 30.3 Å². The molecular formula is C24H34N2O. The third kappa shape index (κ3) is 2.53. The second-order valence-electron chi connectivity index (χ2n) is 9.80. The van der Waals surface area contributed by atoms with Crippen molar-refractivity contribution in [2.45, 2.75) is 77.5 Å².